The van der Waals surface area contributed by atoms with Crippen molar-refractivity contribution in [1.29, 1.82) is 0 Å². The maximum atomic E-state index is 14.0. The Labute approximate surface area is 240 Å². The zero-order valence-corrected chi connectivity index (χ0v) is 23.8. The Hall–Kier alpha value is -3.82. The van der Waals surface area contributed by atoms with E-state index in [-0.39, 0.29) is 11.7 Å². The van der Waals surface area contributed by atoms with Gasteiger partial charge >= 0.3 is 0 Å². The van der Waals surface area contributed by atoms with Crippen LogP contribution in [0.5, 0.6) is 17.2 Å². The highest BCUT2D eigenvalue weighted by molar-refractivity contribution is 6.46. The fourth-order valence-electron chi connectivity index (χ4n) is 5.81. The molecule has 0 saturated carbocycles. The number of amides is 1. The van der Waals surface area contributed by atoms with E-state index < -0.39 is 23.5 Å². The van der Waals surface area contributed by atoms with E-state index in [2.05, 4.69) is 6.58 Å². The van der Waals surface area contributed by atoms with Crippen molar-refractivity contribution in [3.8, 4) is 17.2 Å². The highest BCUT2D eigenvalue weighted by atomic mass is 16.5. The van der Waals surface area contributed by atoms with Crippen molar-refractivity contribution in [2.24, 2.45) is 0 Å². The summed E-state index contributed by atoms with van der Waals surface area (Å²) in [5, 5.41) is 14.0. The molecular weight excluding hydrogens is 524 g/mol. The number of rotatable bonds is 11. The van der Waals surface area contributed by atoms with Gasteiger partial charge in [0.15, 0.2) is 11.5 Å². The third kappa shape index (κ3) is 6.11. The van der Waals surface area contributed by atoms with E-state index >= 15 is 0 Å². The lowest BCUT2D eigenvalue weighted by Gasteiger charge is -2.29. The van der Waals surface area contributed by atoms with Crippen molar-refractivity contribution < 1.29 is 38.5 Å². The molecule has 3 aliphatic heterocycles. The van der Waals surface area contributed by atoms with Crippen molar-refractivity contribution in [3.05, 3.63) is 71.3 Å². The molecule has 41 heavy (non-hydrogen) atoms. The van der Waals surface area contributed by atoms with Gasteiger partial charge < -0.3 is 33.9 Å². The van der Waals surface area contributed by atoms with Gasteiger partial charge in [0.05, 0.1) is 32.4 Å². The Morgan fingerprint density at radius 2 is 1.95 bits per heavy atom. The van der Waals surface area contributed by atoms with Crippen LogP contribution in [0.3, 0.4) is 0 Å². The van der Waals surface area contributed by atoms with Gasteiger partial charge in [-0.15, -0.1) is 0 Å². The highest BCUT2D eigenvalue weighted by Crippen LogP contribution is 2.42. The molecule has 1 N–H and O–H groups in total. The van der Waals surface area contributed by atoms with Gasteiger partial charge in [-0.25, -0.2) is 0 Å². The molecule has 0 bridgehead atoms. The van der Waals surface area contributed by atoms with Gasteiger partial charge in [-0.2, -0.15) is 0 Å². The van der Waals surface area contributed by atoms with Gasteiger partial charge in [0.2, 0.25) is 5.78 Å². The second kappa shape index (κ2) is 12.8. The number of quaternary nitrogens is 1. The molecule has 5 rings (SSSR count). The molecule has 2 fully saturated rings. The van der Waals surface area contributed by atoms with E-state index in [9.17, 15) is 14.7 Å². The molecule has 9 nitrogen and oxygen atoms in total. The summed E-state index contributed by atoms with van der Waals surface area (Å²) < 4.78 is 22.9. The van der Waals surface area contributed by atoms with E-state index in [0.29, 0.717) is 55.2 Å². The number of hydrogen-bond donors (Lipinski definition) is 1. The van der Waals surface area contributed by atoms with E-state index in [0.717, 1.165) is 44.2 Å². The predicted molar refractivity (Wildman–Crippen MR) is 151 cm³/mol. The Bertz CT molecular complexity index is 1330. The second-order valence-electron chi connectivity index (χ2n) is 10.6. The minimum absolute atomic E-state index is 0.0216. The maximum absolute atomic E-state index is 14.0. The molecule has 9 heteroatoms. The zero-order chi connectivity index (χ0) is 28.9. The summed E-state index contributed by atoms with van der Waals surface area (Å²) >= 11 is 0. The van der Waals surface area contributed by atoms with Crippen LogP contribution < -0.4 is 24.2 Å². The largest absolute Gasteiger partial charge is 0.872 e. The van der Waals surface area contributed by atoms with E-state index in [1.165, 1.54) is 4.90 Å². The number of ketones is 1. The summed E-state index contributed by atoms with van der Waals surface area (Å²) in [5.74, 6) is -0.108. The van der Waals surface area contributed by atoms with E-state index in [4.69, 9.17) is 18.9 Å². The van der Waals surface area contributed by atoms with Crippen molar-refractivity contribution in [1.82, 2.24) is 4.90 Å². The lowest BCUT2D eigenvalue weighted by Crippen LogP contribution is -3.14. The normalized spacial score (nSPS) is 22.0. The molecule has 0 aromatic heterocycles. The first-order valence-electron chi connectivity index (χ1n) is 14.4. The van der Waals surface area contributed by atoms with Crippen LogP contribution in [0.15, 0.2) is 54.6 Å². The molecular formula is C32H38N2O7. The number of hydrogen-bond acceptors (Lipinski definition) is 7. The summed E-state index contributed by atoms with van der Waals surface area (Å²) in [6.45, 7) is 12.7. The van der Waals surface area contributed by atoms with Gasteiger partial charge in [-0.1, -0.05) is 30.5 Å². The first-order valence-corrected chi connectivity index (χ1v) is 14.4. The van der Waals surface area contributed by atoms with Gasteiger partial charge in [-0.3, -0.25) is 9.59 Å². The molecule has 2 aromatic rings. The van der Waals surface area contributed by atoms with Crippen LogP contribution in [0.2, 0.25) is 0 Å². The van der Waals surface area contributed by atoms with Crippen LogP contribution >= 0.6 is 0 Å². The van der Waals surface area contributed by atoms with Crippen LogP contribution in [0.1, 0.15) is 43.0 Å². The number of nitrogens with one attached hydrogen (secondary N) is 1. The number of morpholine rings is 1. The maximum Gasteiger partial charge on any atom is 0.295 e. The quantitative estimate of drug-likeness (QED) is 0.192. The number of benzene rings is 2. The van der Waals surface area contributed by atoms with E-state index in [1.54, 1.807) is 47.4 Å². The number of likely N-dealkylation sites (tertiary alicyclic amines) is 1. The first-order chi connectivity index (χ1) is 19.9. The molecule has 0 spiro atoms. The monoisotopic (exact) mass is 562 g/mol. The molecule has 2 atom stereocenters. The molecule has 2 saturated heterocycles. The second-order valence-corrected chi connectivity index (χ2v) is 10.6. The fraction of sp³-hybridized carbons (Fsp3) is 0.438. The number of carbonyl (C=O) groups excluding carboxylic acids is 2. The molecule has 218 valence electrons. The van der Waals surface area contributed by atoms with Crippen molar-refractivity contribution in [2.75, 3.05) is 52.6 Å². The van der Waals surface area contributed by atoms with Crippen molar-refractivity contribution >= 4 is 17.4 Å². The predicted octanol–water partition coefficient (Wildman–Crippen LogP) is 1.50. The smallest absolute Gasteiger partial charge is 0.295 e. The Morgan fingerprint density at radius 1 is 1.15 bits per heavy atom. The third-order valence-electron chi connectivity index (χ3n) is 7.76. The highest BCUT2D eigenvalue weighted by Gasteiger charge is 2.44. The summed E-state index contributed by atoms with van der Waals surface area (Å²) in [7, 11) is 0. The van der Waals surface area contributed by atoms with Crippen LogP contribution in [0.4, 0.5) is 0 Å². The average molecular weight is 563 g/mol. The summed E-state index contributed by atoms with van der Waals surface area (Å²) in [5.41, 5.74) is 1.88. The molecule has 0 radical (unpaired) electrons. The minimum atomic E-state index is -0.835. The number of fused-ring (bicyclic) bond motifs is 1. The minimum Gasteiger partial charge on any atom is -0.872 e. The topological polar surface area (TPSA) is 102 Å². The molecule has 1 amide bonds. The molecule has 3 aliphatic rings. The van der Waals surface area contributed by atoms with Crippen molar-refractivity contribution in [2.45, 2.75) is 38.8 Å². The fourth-order valence-corrected chi connectivity index (χ4v) is 5.81. The molecule has 2 aromatic carbocycles. The lowest BCUT2D eigenvalue weighted by atomic mass is 9.94. The molecule has 0 aliphatic carbocycles. The molecule has 2 unspecified atom stereocenters. The van der Waals surface area contributed by atoms with Crippen LogP contribution in [-0.4, -0.2) is 75.3 Å². The van der Waals surface area contributed by atoms with E-state index in [1.807, 2.05) is 13.8 Å². The van der Waals surface area contributed by atoms with Gasteiger partial charge in [-0.05, 0) is 54.8 Å². The molecule has 3 heterocycles. The van der Waals surface area contributed by atoms with Gasteiger partial charge in [0.1, 0.15) is 31.5 Å². The van der Waals surface area contributed by atoms with Crippen LogP contribution in [-0.2, 0) is 20.7 Å². The standard InChI is InChI=1S/C32H38N2O7/c1-4-15-40-26-10-7-22(20-27(26)39-5-2)29-28(30(35)23-8-9-25-24(19-23)18-21(3)41-25)31(36)32(37)34(29)12-6-11-33-13-16-38-17-14-33/h4,7-10,19-21,29,35H,1,5-6,11-18H2,2-3H3/b30-28+. The number of carbonyl (C=O) groups is 2. The Morgan fingerprint density at radius 3 is 2.71 bits per heavy atom. The first kappa shape index (κ1) is 28.7. The van der Waals surface area contributed by atoms with Gasteiger partial charge in [0, 0.05) is 25.0 Å². The summed E-state index contributed by atoms with van der Waals surface area (Å²) in [6.07, 6.45) is 3.04. The Balaban J connectivity index is 1.53. The number of nitrogens with zero attached hydrogens (tertiary/aromatic N) is 1. The van der Waals surface area contributed by atoms with Gasteiger partial charge in [0.25, 0.3) is 5.91 Å². The number of Topliss-reactive ketones (excluding diaryl/α,β-unsaturated/α-hetero) is 1. The number of ether oxygens (including phenoxy) is 4. The average Bonchev–Trinajstić information content (AvgIpc) is 3.48. The summed E-state index contributed by atoms with van der Waals surface area (Å²) in [4.78, 5) is 29.9. The third-order valence-corrected chi connectivity index (χ3v) is 7.76. The zero-order valence-electron chi connectivity index (χ0n) is 23.8. The summed E-state index contributed by atoms with van der Waals surface area (Å²) in [6, 6.07) is 9.70. The lowest BCUT2D eigenvalue weighted by molar-refractivity contribution is -0.908. The van der Waals surface area contributed by atoms with Crippen LogP contribution in [0, 0.1) is 0 Å². The Kier molecular flexibility index (Phi) is 8.95. The SMILES string of the molecule is C=CCOc1ccc(C2/C(=C(\[O-])c3ccc4c(c3)CC(C)O4)C(=O)C(=O)N2CCC[NH+]2CCOCC2)cc1OCC. The van der Waals surface area contributed by atoms with Crippen molar-refractivity contribution in [3.63, 3.8) is 0 Å². The van der Waals surface area contributed by atoms with Crippen LogP contribution in [0.25, 0.3) is 5.76 Å².